The molecule has 0 aromatic carbocycles. The highest BCUT2D eigenvalue weighted by molar-refractivity contribution is 4.71. The molecular formula is C13H28O. The van der Waals surface area contributed by atoms with Crippen LogP contribution in [0.5, 0.6) is 0 Å². The van der Waals surface area contributed by atoms with E-state index in [-0.39, 0.29) is 0 Å². The number of methoxy groups -OCH3 is 1. The van der Waals surface area contributed by atoms with E-state index in [1.807, 2.05) is 0 Å². The minimum absolute atomic E-state index is 0.689. The molecule has 0 bridgehead atoms. The number of ether oxygens (including phenoxy) is 1. The lowest BCUT2D eigenvalue weighted by molar-refractivity contribution is 0.100. The maximum absolute atomic E-state index is 5.25. The van der Waals surface area contributed by atoms with E-state index in [1.54, 1.807) is 7.11 Å². The van der Waals surface area contributed by atoms with E-state index < -0.39 is 0 Å². The fraction of sp³-hybridized carbons (Fsp3) is 1.00. The fourth-order valence-corrected chi connectivity index (χ4v) is 2.18. The van der Waals surface area contributed by atoms with Gasteiger partial charge in [0.05, 0.1) is 0 Å². The van der Waals surface area contributed by atoms with Crippen molar-refractivity contribution in [2.75, 3.05) is 13.7 Å². The van der Waals surface area contributed by atoms with Gasteiger partial charge in [-0.15, -0.1) is 0 Å². The Labute approximate surface area is 90.2 Å². The summed E-state index contributed by atoms with van der Waals surface area (Å²) in [4.78, 5) is 0. The third kappa shape index (κ3) is 4.99. The molecule has 0 saturated carbocycles. The minimum atomic E-state index is 0.689. The molecule has 3 unspecified atom stereocenters. The Bertz CT molecular complexity index is 131. The van der Waals surface area contributed by atoms with Gasteiger partial charge in [0.25, 0.3) is 0 Å². The van der Waals surface area contributed by atoms with Gasteiger partial charge in [0.1, 0.15) is 0 Å². The molecule has 0 aliphatic rings. The van der Waals surface area contributed by atoms with Crippen LogP contribution in [0.25, 0.3) is 0 Å². The van der Waals surface area contributed by atoms with Crippen LogP contribution in [-0.4, -0.2) is 13.7 Å². The molecule has 14 heavy (non-hydrogen) atoms. The molecular weight excluding hydrogens is 172 g/mol. The molecule has 0 N–H and O–H groups in total. The average Bonchev–Trinajstić information content (AvgIpc) is 2.13. The van der Waals surface area contributed by atoms with E-state index in [4.69, 9.17) is 4.74 Å². The first-order valence-corrected chi connectivity index (χ1v) is 6.01. The van der Waals surface area contributed by atoms with Crippen molar-refractivity contribution in [1.82, 2.24) is 0 Å². The molecule has 1 heteroatoms. The van der Waals surface area contributed by atoms with Crippen LogP contribution >= 0.6 is 0 Å². The Kier molecular flexibility index (Phi) is 7.26. The Hall–Kier alpha value is -0.0400. The SMILES string of the molecule is CCC(C)CC(C(C)C)C(C)COC. The Morgan fingerprint density at radius 2 is 1.64 bits per heavy atom. The maximum atomic E-state index is 5.25. The number of hydrogen-bond acceptors (Lipinski definition) is 1. The van der Waals surface area contributed by atoms with Crippen LogP contribution in [0.2, 0.25) is 0 Å². The van der Waals surface area contributed by atoms with Gasteiger partial charge in [-0.05, 0) is 30.1 Å². The summed E-state index contributed by atoms with van der Waals surface area (Å²) in [6.07, 6.45) is 2.64. The Morgan fingerprint density at radius 3 is 2.00 bits per heavy atom. The highest BCUT2D eigenvalue weighted by Gasteiger charge is 2.22. The topological polar surface area (TPSA) is 9.23 Å². The lowest BCUT2D eigenvalue weighted by atomic mass is 9.78. The molecule has 0 aliphatic carbocycles. The minimum Gasteiger partial charge on any atom is -0.384 e. The normalized spacial score (nSPS) is 18.2. The van der Waals surface area contributed by atoms with Crippen molar-refractivity contribution in [3.05, 3.63) is 0 Å². The molecule has 1 nitrogen and oxygen atoms in total. The molecule has 0 radical (unpaired) electrons. The van der Waals surface area contributed by atoms with Crippen LogP contribution in [-0.2, 0) is 4.74 Å². The molecule has 0 aromatic heterocycles. The van der Waals surface area contributed by atoms with Crippen LogP contribution < -0.4 is 0 Å². The predicted molar refractivity (Wildman–Crippen MR) is 63.4 cm³/mol. The summed E-state index contributed by atoms with van der Waals surface area (Å²) < 4.78 is 5.25. The third-order valence-electron chi connectivity index (χ3n) is 3.39. The second kappa shape index (κ2) is 7.28. The molecule has 0 amide bonds. The summed E-state index contributed by atoms with van der Waals surface area (Å²) in [6, 6.07) is 0. The quantitative estimate of drug-likeness (QED) is 0.604. The van der Waals surface area contributed by atoms with Crippen molar-refractivity contribution in [2.24, 2.45) is 23.7 Å². The summed E-state index contributed by atoms with van der Waals surface area (Å²) in [7, 11) is 1.80. The standard InChI is InChI=1S/C13H28O/c1-7-11(4)8-13(10(2)3)12(5)9-14-6/h10-13H,7-9H2,1-6H3. The van der Waals surface area contributed by atoms with Crippen molar-refractivity contribution >= 4 is 0 Å². The van der Waals surface area contributed by atoms with Crippen molar-refractivity contribution in [3.8, 4) is 0 Å². The van der Waals surface area contributed by atoms with E-state index in [1.165, 1.54) is 12.8 Å². The monoisotopic (exact) mass is 200 g/mol. The van der Waals surface area contributed by atoms with Gasteiger partial charge in [-0.3, -0.25) is 0 Å². The zero-order valence-electron chi connectivity index (χ0n) is 10.8. The molecule has 0 spiro atoms. The van der Waals surface area contributed by atoms with E-state index >= 15 is 0 Å². The Balaban J connectivity index is 4.13. The first-order valence-electron chi connectivity index (χ1n) is 6.01. The van der Waals surface area contributed by atoms with Crippen LogP contribution in [0.15, 0.2) is 0 Å². The van der Waals surface area contributed by atoms with Crippen LogP contribution in [0.3, 0.4) is 0 Å². The van der Waals surface area contributed by atoms with Crippen molar-refractivity contribution in [1.29, 1.82) is 0 Å². The van der Waals surface area contributed by atoms with Gasteiger partial charge in [-0.2, -0.15) is 0 Å². The summed E-state index contributed by atoms with van der Waals surface area (Å²) >= 11 is 0. The first kappa shape index (κ1) is 14.0. The number of hydrogen-bond donors (Lipinski definition) is 0. The van der Waals surface area contributed by atoms with Crippen molar-refractivity contribution in [2.45, 2.75) is 47.5 Å². The van der Waals surface area contributed by atoms with E-state index in [2.05, 4.69) is 34.6 Å². The summed E-state index contributed by atoms with van der Waals surface area (Å²) in [5, 5.41) is 0. The smallest absolute Gasteiger partial charge is 0.0490 e. The van der Waals surface area contributed by atoms with E-state index in [0.717, 1.165) is 24.4 Å². The van der Waals surface area contributed by atoms with E-state index in [0.29, 0.717) is 5.92 Å². The molecule has 0 rings (SSSR count). The van der Waals surface area contributed by atoms with Crippen LogP contribution in [0, 0.1) is 23.7 Å². The van der Waals surface area contributed by atoms with Crippen molar-refractivity contribution < 1.29 is 4.74 Å². The zero-order chi connectivity index (χ0) is 11.1. The first-order chi connectivity index (χ1) is 6.52. The predicted octanol–water partition coefficient (Wildman–Crippen LogP) is 3.98. The fourth-order valence-electron chi connectivity index (χ4n) is 2.18. The highest BCUT2D eigenvalue weighted by Crippen LogP contribution is 2.29. The largest absolute Gasteiger partial charge is 0.384 e. The summed E-state index contributed by atoms with van der Waals surface area (Å²) in [6.45, 7) is 12.5. The van der Waals surface area contributed by atoms with Gasteiger partial charge < -0.3 is 4.74 Å². The van der Waals surface area contributed by atoms with Gasteiger partial charge in [-0.1, -0.05) is 41.0 Å². The van der Waals surface area contributed by atoms with E-state index in [9.17, 15) is 0 Å². The second-order valence-corrected chi connectivity index (χ2v) is 5.09. The Morgan fingerprint density at radius 1 is 1.07 bits per heavy atom. The maximum Gasteiger partial charge on any atom is 0.0490 e. The van der Waals surface area contributed by atoms with Crippen LogP contribution in [0.1, 0.15) is 47.5 Å². The average molecular weight is 200 g/mol. The highest BCUT2D eigenvalue weighted by atomic mass is 16.5. The zero-order valence-corrected chi connectivity index (χ0v) is 10.8. The molecule has 0 aromatic rings. The van der Waals surface area contributed by atoms with Crippen molar-refractivity contribution in [3.63, 3.8) is 0 Å². The molecule has 0 aliphatic heterocycles. The third-order valence-corrected chi connectivity index (χ3v) is 3.39. The lowest BCUT2D eigenvalue weighted by Gasteiger charge is -2.29. The van der Waals surface area contributed by atoms with Gasteiger partial charge in [0, 0.05) is 13.7 Å². The van der Waals surface area contributed by atoms with Gasteiger partial charge >= 0.3 is 0 Å². The lowest BCUT2D eigenvalue weighted by Crippen LogP contribution is -2.23. The van der Waals surface area contributed by atoms with Gasteiger partial charge in [0.2, 0.25) is 0 Å². The van der Waals surface area contributed by atoms with Gasteiger partial charge in [0.15, 0.2) is 0 Å². The molecule has 0 saturated heterocycles. The van der Waals surface area contributed by atoms with Crippen LogP contribution in [0.4, 0.5) is 0 Å². The second-order valence-electron chi connectivity index (χ2n) is 5.09. The number of rotatable bonds is 7. The summed E-state index contributed by atoms with van der Waals surface area (Å²) in [5.41, 5.74) is 0. The molecule has 3 atom stereocenters. The summed E-state index contributed by atoms with van der Waals surface area (Å²) in [5.74, 6) is 3.12. The molecule has 0 heterocycles. The van der Waals surface area contributed by atoms with Gasteiger partial charge in [-0.25, -0.2) is 0 Å². The molecule has 86 valence electrons. The molecule has 0 fully saturated rings.